The summed E-state index contributed by atoms with van der Waals surface area (Å²) in [6.07, 6.45) is 0. The molecule has 0 unspecified atom stereocenters. The van der Waals surface area contributed by atoms with Gasteiger partial charge in [0, 0.05) is 28.7 Å². The Balaban J connectivity index is 2.09. The summed E-state index contributed by atoms with van der Waals surface area (Å²) in [5, 5.41) is 0.572. The predicted molar refractivity (Wildman–Crippen MR) is 81.4 cm³/mol. The molecule has 0 aliphatic heterocycles. The predicted octanol–water partition coefficient (Wildman–Crippen LogP) is 4.37. The molecule has 0 bridgehead atoms. The number of halogens is 2. The topological polar surface area (TPSA) is 20.3 Å². The SMILES string of the molecule is CN(Cc1ccc(Br)cc1)C(=O)c1cccc(Cl)c1. The van der Waals surface area contributed by atoms with Gasteiger partial charge in [0.25, 0.3) is 5.91 Å². The van der Waals surface area contributed by atoms with Crippen LogP contribution in [0.4, 0.5) is 0 Å². The van der Waals surface area contributed by atoms with E-state index in [9.17, 15) is 4.79 Å². The number of carbonyl (C=O) groups excluding carboxylic acids is 1. The van der Waals surface area contributed by atoms with Crippen LogP contribution in [0.25, 0.3) is 0 Å². The Kier molecular flexibility index (Phi) is 4.61. The molecule has 0 spiro atoms. The number of hydrogen-bond donors (Lipinski definition) is 0. The molecule has 0 radical (unpaired) electrons. The van der Waals surface area contributed by atoms with Gasteiger partial charge in [0.05, 0.1) is 0 Å². The number of benzene rings is 2. The van der Waals surface area contributed by atoms with Crippen molar-refractivity contribution in [3.05, 3.63) is 69.2 Å². The lowest BCUT2D eigenvalue weighted by Crippen LogP contribution is -2.26. The molecular formula is C15H13BrClNO. The molecule has 0 saturated carbocycles. The minimum Gasteiger partial charge on any atom is -0.337 e. The third-order valence-corrected chi connectivity index (χ3v) is 3.52. The maximum atomic E-state index is 12.2. The Morgan fingerprint density at radius 1 is 1.21 bits per heavy atom. The van der Waals surface area contributed by atoms with E-state index < -0.39 is 0 Å². The fourth-order valence-corrected chi connectivity index (χ4v) is 2.23. The summed E-state index contributed by atoms with van der Waals surface area (Å²) in [6, 6.07) is 14.9. The molecule has 1 amide bonds. The van der Waals surface area contributed by atoms with E-state index in [-0.39, 0.29) is 5.91 Å². The van der Waals surface area contributed by atoms with E-state index in [0.717, 1.165) is 10.0 Å². The highest BCUT2D eigenvalue weighted by molar-refractivity contribution is 9.10. The van der Waals surface area contributed by atoms with E-state index in [0.29, 0.717) is 17.1 Å². The standard InChI is InChI=1S/C15H13BrClNO/c1-18(10-11-5-7-13(16)8-6-11)15(19)12-3-2-4-14(17)9-12/h2-9H,10H2,1H3. The van der Waals surface area contributed by atoms with E-state index >= 15 is 0 Å². The molecule has 0 N–H and O–H groups in total. The zero-order valence-electron chi connectivity index (χ0n) is 10.4. The molecule has 2 nitrogen and oxygen atoms in total. The second kappa shape index (κ2) is 6.22. The second-order valence-electron chi connectivity index (χ2n) is 4.30. The summed E-state index contributed by atoms with van der Waals surface area (Å²) >= 11 is 9.29. The summed E-state index contributed by atoms with van der Waals surface area (Å²) in [6.45, 7) is 0.568. The van der Waals surface area contributed by atoms with Crippen LogP contribution >= 0.6 is 27.5 Å². The molecule has 2 aromatic rings. The third kappa shape index (κ3) is 3.82. The number of hydrogen-bond acceptors (Lipinski definition) is 1. The average molecular weight is 339 g/mol. The van der Waals surface area contributed by atoms with Crippen molar-refractivity contribution in [2.45, 2.75) is 6.54 Å². The van der Waals surface area contributed by atoms with Gasteiger partial charge >= 0.3 is 0 Å². The van der Waals surface area contributed by atoms with Gasteiger partial charge in [-0.1, -0.05) is 45.7 Å². The van der Waals surface area contributed by atoms with Gasteiger partial charge in [0.1, 0.15) is 0 Å². The first kappa shape index (κ1) is 14.1. The van der Waals surface area contributed by atoms with Crippen LogP contribution in [-0.2, 0) is 6.54 Å². The van der Waals surface area contributed by atoms with E-state index in [4.69, 9.17) is 11.6 Å². The van der Waals surface area contributed by atoms with Crippen LogP contribution in [0.3, 0.4) is 0 Å². The Bertz CT molecular complexity index is 583. The van der Waals surface area contributed by atoms with Gasteiger partial charge in [0.15, 0.2) is 0 Å². The normalized spacial score (nSPS) is 10.3. The van der Waals surface area contributed by atoms with Crippen molar-refractivity contribution in [1.29, 1.82) is 0 Å². The van der Waals surface area contributed by atoms with Crippen LogP contribution in [0.15, 0.2) is 53.0 Å². The van der Waals surface area contributed by atoms with E-state index in [1.54, 1.807) is 36.2 Å². The van der Waals surface area contributed by atoms with Gasteiger partial charge in [-0.25, -0.2) is 0 Å². The van der Waals surface area contributed by atoms with Gasteiger partial charge in [0.2, 0.25) is 0 Å². The summed E-state index contributed by atoms with van der Waals surface area (Å²) in [7, 11) is 1.78. The van der Waals surface area contributed by atoms with Gasteiger partial charge in [-0.15, -0.1) is 0 Å². The molecule has 2 rings (SSSR count). The number of nitrogens with zero attached hydrogens (tertiary/aromatic N) is 1. The van der Waals surface area contributed by atoms with Crippen molar-refractivity contribution < 1.29 is 4.79 Å². The highest BCUT2D eigenvalue weighted by atomic mass is 79.9. The Hall–Kier alpha value is -1.32. The van der Waals surface area contributed by atoms with Crippen molar-refractivity contribution in [2.24, 2.45) is 0 Å². The average Bonchev–Trinajstić information content (AvgIpc) is 2.40. The van der Waals surface area contributed by atoms with Crippen LogP contribution in [0.2, 0.25) is 5.02 Å². The van der Waals surface area contributed by atoms with Gasteiger partial charge in [-0.05, 0) is 35.9 Å². The Morgan fingerprint density at radius 3 is 2.53 bits per heavy atom. The quantitative estimate of drug-likeness (QED) is 0.813. The second-order valence-corrected chi connectivity index (χ2v) is 5.65. The molecule has 0 aromatic heterocycles. The summed E-state index contributed by atoms with van der Waals surface area (Å²) in [5.74, 6) is -0.0366. The number of rotatable bonds is 3. The molecule has 0 saturated heterocycles. The zero-order valence-corrected chi connectivity index (χ0v) is 12.8. The number of carbonyl (C=O) groups is 1. The maximum Gasteiger partial charge on any atom is 0.253 e. The lowest BCUT2D eigenvalue weighted by atomic mass is 10.1. The Labute approximate surface area is 126 Å². The lowest BCUT2D eigenvalue weighted by Gasteiger charge is -2.17. The highest BCUT2D eigenvalue weighted by Gasteiger charge is 2.12. The molecule has 19 heavy (non-hydrogen) atoms. The van der Waals surface area contributed by atoms with Crippen molar-refractivity contribution in [3.8, 4) is 0 Å². The first-order valence-corrected chi connectivity index (χ1v) is 6.99. The van der Waals surface area contributed by atoms with E-state index in [2.05, 4.69) is 15.9 Å². The van der Waals surface area contributed by atoms with E-state index in [1.165, 1.54) is 0 Å². The van der Waals surface area contributed by atoms with Crippen LogP contribution < -0.4 is 0 Å². The van der Waals surface area contributed by atoms with E-state index in [1.807, 2.05) is 24.3 Å². The molecule has 2 aromatic carbocycles. The molecule has 0 aliphatic rings. The molecule has 98 valence electrons. The maximum absolute atomic E-state index is 12.2. The monoisotopic (exact) mass is 337 g/mol. The van der Waals surface area contributed by atoms with Gasteiger partial charge < -0.3 is 4.90 Å². The fourth-order valence-electron chi connectivity index (χ4n) is 1.78. The molecule has 4 heteroatoms. The highest BCUT2D eigenvalue weighted by Crippen LogP contribution is 2.15. The molecule has 0 fully saturated rings. The molecule has 0 atom stereocenters. The minimum atomic E-state index is -0.0366. The van der Waals surface area contributed by atoms with Crippen LogP contribution in [0.5, 0.6) is 0 Å². The molecular weight excluding hydrogens is 326 g/mol. The van der Waals surface area contributed by atoms with Crippen LogP contribution in [0, 0.1) is 0 Å². The largest absolute Gasteiger partial charge is 0.337 e. The van der Waals surface area contributed by atoms with Gasteiger partial charge in [-0.2, -0.15) is 0 Å². The van der Waals surface area contributed by atoms with Crippen LogP contribution in [-0.4, -0.2) is 17.9 Å². The first-order chi connectivity index (χ1) is 9.06. The van der Waals surface area contributed by atoms with Crippen molar-refractivity contribution in [1.82, 2.24) is 4.90 Å². The summed E-state index contributed by atoms with van der Waals surface area (Å²) in [5.41, 5.74) is 1.69. The fraction of sp³-hybridized carbons (Fsp3) is 0.133. The third-order valence-electron chi connectivity index (χ3n) is 2.75. The minimum absolute atomic E-state index is 0.0366. The summed E-state index contributed by atoms with van der Waals surface area (Å²) in [4.78, 5) is 13.9. The van der Waals surface area contributed by atoms with Crippen molar-refractivity contribution in [2.75, 3.05) is 7.05 Å². The van der Waals surface area contributed by atoms with Crippen molar-refractivity contribution >= 4 is 33.4 Å². The molecule has 0 aliphatic carbocycles. The zero-order chi connectivity index (χ0) is 13.8. The Morgan fingerprint density at radius 2 is 1.89 bits per heavy atom. The van der Waals surface area contributed by atoms with Crippen molar-refractivity contribution in [3.63, 3.8) is 0 Å². The smallest absolute Gasteiger partial charge is 0.253 e. The molecule has 0 heterocycles. The number of amides is 1. The lowest BCUT2D eigenvalue weighted by molar-refractivity contribution is 0.0785. The van der Waals surface area contributed by atoms with Crippen LogP contribution in [0.1, 0.15) is 15.9 Å². The van der Waals surface area contributed by atoms with Gasteiger partial charge in [-0.3, -0.25) is 4.79 Å². The first-order valence-electron chi connectivity index (χ1n) is 5.82. The summed E-state index contributed by atoms with van der Waals surface area (Å²) < 4.78 is 1.03.